The monoisotopic (exact) mass is 329 g/mol. The number of carbonyl (C=O) groups is 2. The Morgan fingerprint density at radius 2 is 2.17 bits per heavy atom. The van der Waals surface area contributed by atoms with Gasteiger partial charge in [0, 0.05) is 23.9 Å². The summed E-state index contributed by atoms with van der Waals surface area (Å²) >= 11 is 0. The summed E-state index contributed by atoms with van der Waals surface area (Å²) < 4.78 is 5.27. The lowest BCUT2D eigenvalue weighted by molar-refractivity contribution is -0.132. The zero-order chi connectivity index (χ0) is 17.1. The van der Waals surface area contributed by atoms with Crippen molar-refractivity contribution in [1.82, 2.24) is 4.98 Å². The van der Waals surface area contributed by atoms with Gasteiger partial charge < -0.3 is 20.5 Å². The van der Waals surface area contributed by atoms with E-state index in [1.54, 1.807) is 24.4 Å². The lowest BCUT2D eigenvalue weighted by Crippen LogP contribution is -2.16. The van der Waals surface area contributed by atoms with Crippen molar-refractivity contribution in [2.24, 2.45) is 5.92 Å². The number of methoxy groups -OCH3 is 1. The van der Waals surface area contributed by atoms with E-state index >= 15 is 0 Å². The lowest BCUT2D eigenvalue weighted by Gasteiger charge is -2.20. The van der Waals surface area contributed by atoms with Gasteiger partial charge in [0.15, 0.2) is 5.76 Å². The third-order valence-electron chi connectivity index (χ3n) is 3.95. The van der Waals surface area contributed by atoms with Gasteiger partial charge in [0.25, 0.3) is 0 Å². The molecule has 1 heterocycles. The molecule has 0 aromatic carbocycles. The molecule has 0 spiro atoms. The Morgan fingerprint density at radius 1 is 1.38 bits per heavy atom. The molecule has 0 aliphatic heterocycles. The Bertz CT molecular complexity index is 735. The standard InChI is InChI=1S/C17H19N3O4/c1-24-15-12(17(22)23)3-2-4-13(15)19-11-7-8-18-14(9-11)20-16(21)10-5-6-10/h3,7-10H,2,4-6H2,1H3,(H,22,23)(H2,18,19,20,21). The summed E-state index contributed by atoms with van der Waals surface area (Å²) in [6.07, 6.45) is 6.37. The van der Waals surface area contributed by atoms with E-state index in [0.29, 0.717) is 35.8 Å². The fraction of sp³-hybridized carbons (Fsp3) is 0.353. The van der Waals surface area contributed by atoms with Crippen molar-refractivity contribution in [2.45, 2.75) is 25.7 Å². The minimum absolute atomic E-state index is 0.00907. The summed E-state index contributed by atoms with van der Waals surface area (Å²) in [5.41, 5.74) is 1.57. The van der Waals surface area contributed by atoms with Crippen LogP contribution in [0.4, 0.5) is 11.5 Å². The maximum Gasteiger partial charge on any atom is 0.339 e. The number of rotatable bonds is 6. The Hall–Kier alpha value is -2.83. The highest BCUT2D eigenvalue weighted by Gasteiger charge is 2.29. The Labute approximate surface area is 139 Å². The van der Waals surface area contributed by atoms with Crippen LogP contribution in [-0.4, -0.2) is 29.1 Å². The first-order chi connectivity index (χ1) is 11.6. The first kappa shape index (κ1) is 16.0. The number of aromatic nitrogens is 1. The molecule has 1 fully saturated rings. The zero-order valence-electron chi connectivity index (χ0n) is 13.3. The highest BCUT2D eigenvalue weighted by atomic mass is 16.5. The average Bonchev–Trinajstić information content (AvgIpc) is 3.40. The van der Waals surface area contributed by atoms with Crippen LogP contribution in [0.2, 0.25) is 0 Å². The molecule has 1 amide bonds. The van der Waals surface area contributed by atoms with E-state index in [9.17, 15) is 14.7 Å². The van der Waals surface area contributed by atoms with Crippen LogP contribution in [-0.2, 0) is 14.3 Å². The molecule has 0 unspecified atom stereocenters. The van der Waals surface area contributed by atoms with E-state index in [1.165, 1.54) is 7.11 Å². The van der Waals surface area contributed by atoms with E-state index in [0.717, 1.165) is 12.8 Å². The molecule has 3 rings (SSSR count). The van der Waals surface area contributed by atoms with Gasteiger partial charge in [-0.25, -0.2) is 9.78 Å². The quantitative estimate of drug-likeness (QED) is 0.741. The summed E-state index contributed by atoms with van der Waals surface area (Å²) in [5.74, 6) is -0.119. The molecule has 2 aliphatic carbocycles. The van der Waals surface area contributed by atoms with E-state index in [1.807, 2.05) is 0 Å². The second kappa shape index (κ2) is 6.74. The molecule has 126 valence electrons. The van der Waals surface area contributed by atoms with Gasteiger partial charge in [-0.2, -0.15) is 0 Å². The molecule has 1 aromatic rings. The highest BCUT2D eigenvalue weighted by molar-refractivity contribution is 5.93. The number of carboxylic acid groups (broad SMARTS) is 1. The van der Waals surface area contributed by atoms with Gasteiger partial charge in [0.05, 0.1) is 18.4 Å². The topological polar surface area (TPSA) is 101 Å². The SMILES string of the molecule is COC1=C(Nc2ccnc(NC(=O)C3CC3)c2)CCC=C1C(=O)O. The Balaban J connectivity index is 1.78. The van der Waals surface area contributed by atoms with E-state index < -0.39 is 5.97 Å². The molecule has 0 bridgehead atoms. The maximum atomic E-state index is 11.8. The fourth-order valence-corrected chi connectivity index (χ4v) is 2.59. The number of aliphatic carboxylic acids is 1. The Morgan fingerprint density at radius 3 is 2.83 bits per heavy atom. The second-order valence-corrected chi connectivity index (χ2v) is 5.79. The van der Waals surface area contributed by atoms with Crippen molar-refractivity contribution < 1.29 is 19.4 Å². The van der Waals surface area contributed by atoms with Crippen molar-refractivity contribution in [3.63, 3.8) is 0 Å². The molecule has 1 aromatic heterocycles. The van der Waals surface area contributed by atoms with Crippen LogP contribution < -0.4 is 10.6 Å². The van der Waals surface area contributed by atoms with Gasteiger partial charge in [-0.05, 0) is 31.7 Å². The summed E-state index contributed by atoms with van der Waals surface area (Å²) in [4.78, 5) is 27.3. The largest absolute Gasteiger partial charge is 0.494 e. The van der Waals surface area contributed by atoms with Crippen LogP contribution in [0.15, 0.2) is 41.4 Å². The normalized spacial score (nSPS) is 17.1. The van der Waals surface area contributed by atoms with Crippen LogP contribution in [0.1, 0.15) is 25.7 Å². The number of nitrogens with one attached hydrogen (secondary N) is 2. The number of pyridine rings is 1. The number of amides is 1. The molecular weight excluding hydrogens is 310 g/mol. The molecule has 2 aliphatic rings. The summed E-state index contributed by atoms with van der Waals surface area (Å²) in [7, 11) is 1.45. The number of hydrogen-bond donors (Lipinski definition) is 3. The Kier molecular flexibility index (Phi) is 4.50. The third-order valence-corrected chi connectivity index (χ3v) is 3.95. The van der Waals surface area contributed by atoms with Crippen LogP contribution in [0.5, 0.6) is 0 Å². The predicted molar refractivity (Wildman–Crippen MR) is 88.2 cm³/mol. The number of nitrogens with zero attached hydrogens (tertiary/aromatic N) is 1. The number of carboxylic acids is 1. The smallest absolute Gasteiger partial charge is 0.339 e. The van der Waals surface area contributed by atoms with Crippen molar-refractivity contribution in [2.75, 3.05) is 17.7 Å². The molecule has 24 heavy (non-hydrogen) atoms. The molecule has 0 saturated heterocycles. The van der Waals surface area contributed by atoms with Crippen molar-refractivity contribution >= 4 is 23.4 Å². The number of allylic oxidation sites excluding steroid dienone is 2. The van der Waals surface area contributed by atoms with Crippen LogP contribution in [0.25, 0.3) is 0 Å². The first-order valence-corrected chi connectivity index (χ1v) is 7.83. The molecule has 1 saturated carbocycles. The van der Waals surface area contributed by atoms with E-state index in [-0.39, 0.29) is 17.4 Å². The van der Waals surface area contributed by atoms with Gasteiger partial charge in [-0.3, -0.25) is 4.79 Å². The molecule has 0 radical (unpaired) electrons. The van der Waals surface area contributed by atoms with Gasteiger partial charge in [-0.1, -0.05) is 6.08 Å². The number of carbonyl (C=O) groups excluding carboxylic acids is 1. The number of anilines is 2. The van der Waals surface area contributed by atoms with Crippen molar-refractivity contribution in [3.8, 4) is 0 Å². The van der Waals surface area contributed by atoms with E-state index in [4.69, 9.17) is 4.74 Å². The van der Waals surface area contributed by atoms with Gasteiger partial charge in [0.2, 0.25) is 5.91 Å². The molecule has 7 nitrogen and oxygen atoms in total. The van der Waals surface area contributed by atoms with Crippen LogP contribution >= 0.6 is 0 Å². The zero-order valence-corrected chi connectivity index (χ0v) is 13.3. The van der Waals surface area contributed by atoms with Gasteiger partial charge in [-0.15, -0.1) is 0 Å². The number of hydrogen-bond acceptors (Lipinski definition) is 5. The molecule has 7 heteroatoms. The summed E-state index contributed by atoms with van der Waals surface area (Å²) in [6, 6.07) is 3.48. The molecule has 3 N–H and O–H groups in total. The van der Waals surface area contributed by atoms with Crippen LogP contribution in [0.3, 0.4) is 0 Å². The maximum absolute atomic E-state index is 11.8. The highest BCUT2D eigenvalue weighted by Crippen LogP contribution is 2.31. The second-order valence-electron chi connectivity index (χ2n) is 5.79. The minimum Gasteiger partial charge on any atom is -0.494 e. The van der Waals surface area contributed by atoms with Crippen LogP contribution in [0, 0.1) is 5.92 Å². The van der Waals surface area contributed by atoms with Crippen molar-refractivity contribution in [1.29, 1.82) is 0 Å². The molecular formula is C17H19N3O4. The minimum atomic E-state index is -1.02. The van der Waals surface area contributed by atoms with Gasteiger partial charge in [0.1, 0.15) is 5.82 Å². The summed E-state index contributed by atoms with van der Waals surface area (Å²) in [6.45, 7) is 0. The first-order valence-electron chi connectivity index (χ1n) is 7.83. The van der Waals surface area contributed by atoms with E-state index in [2.05, 4.69) is 15.6 Å². The number of ether oxygens (including phenoxy) is 1. The predicted octanol–water partition coefficient (Wildman–Crippen LogP) is 2.50. The van der Waals surface area contributed by atoms with Crippen molar-refractivity contribution in [3.05, 3.63) is 41.4 Å². The summed E-state index contributed by atoms with van der Waals surface area (Å²) in [5, 5.41) is 15.2. The fourth-order valence-electron chi connectivity index (χ4n) is 2.59. The van der Waals surface area contributed by atoms with Gasteiger partial charge >= 0.3 is 5.97 Å². The average molecular weight is 329 g/mol. The third kappa shape index (κ3) is 3.56. The lowest BCUT2D eigenvalue weighted by atomic mass is 10.0. The molecule has 0 atom stereocenters.